The third kappa shape index (κ3) is 2.04. The van der Waals surface area contributed by atoms with Crippen LogP contribution >= 0.6 is 11.3 Å². The molecule has 0 saturated carbocycles. The molecule has 0 aliphatic rings. The number of aromatic carboxylic acids is 1. The highest BCUT2D eigenvalue weighted by Gasteiger charge is 2.15. The van der Waals surface area contributed by atoms with Gasteiger partial charge >= 0.3 is 5.97 Å². The van der Waals surface area contributed by atoms with E-state index in [1.54, 1.807) is 28.2 Å². The highest BCUT2D eigenvalue weighted by atomic mass is 32.1. The van der Waals surface area contributed by atoms with Crippen molar-refractivity contribution in [3.63, 3.8) is 0 Å². The Kier molecular flexibility index (Phi) is 2.92. The molecule has 3 aromatic rings. The van der Waals surface area contributed by atoms with Gasteiger partial charge in [-0.3, -0.25) is 0 Å². The molecular formula is C15H10N2O3S. The lowest BCUT2D eigenvalue weighted by Gasteiger charge is -2.06. The number of phenols is 1. The average Bonchev–Trinajstić information content (AvgIpc) is 2.95. The Labute approximate surface area is 124 Å². The Morgan fingerprint density at radius 2 is 2.14 bits per heavy atom. The standard InChI is InChI=1S/C15H10N2O3S/c1-8-5-11-12(16-2)7-17(14(11)21-8)9-3-4-10(15(19)20)13(18)6-9/h3-7,18H,1H3,(H,19,20). The second-order valence-corrected chi connectivity index (χ2v) is 5.81. The number of carboxylic acids is 1. The molecule has 0 amide bonds. The third-order valence-electron chi connectivity index (χ3n) is 3.19. The monoisotopic (exact) mass is 298 g/mol. The van der Waals surface area contributed by atoms with Crippen LogP contribution in [0.5, 0.6) is 5.75 Å². The molecule has 0 aliphatic carbocycles. The molecule has 0 bridgehead atoms. The summed E-state index contributed by atoms with van der Waals surface area (Å²) < 4.78 is 1.80. The number of carbonyl (C=O) groups is 1. The lowest BCUT2D eigenvalue weighted by Crippen LogP contribution is -1.98. The molecular weight excluding hydrogens is 288 g/mol. The van der Waals surface area contributed by atoms with Crippen LogP contribution in [-0.4, -0.2) is 20.7 Å². The number of aryl methyl sites for hydroxylation is 1. The minimum Gasteiger partial charge on any atom is -0.507 e. The Morgan fingerprint density at radius 3 is 2.76 bits per heavy atom. The van der Waals surface area contributed by atoms with Crippen molar-refractivity contribution in [3.8, 4) is 11.4 Å². The van der Waals surface area contributed by atoms with E-state index in [-0.39, 0.29) is 11.3 Å². The van der Waals surface area contributed by atoms with E-state index in [0.29, 0.717) is 11.4 Å². The van der Waals surface area contributed by atoms with Gasteiger partial charge in [0.25, 0.3) is 0 Å². The van der Waals surface area contributed by atoms with E-state index >= 15 is 0 Å². The first-order chi connectivity index (χ1) is 10.0. The molecule has 1 aromatic carbocycles. The molecule has 2 heterocycles. The molecule has 21 heavy (non-hydrogen) atoms. The fourth-order valence-corrected chi connectivity index (χ4v) is 3.26. The molecule has 0 saturated heterocycles. The number of thiophene rings is 1. The maximum atomic E-state index is 10.9. The SMILES string of the molecule is [C-]#[N+]c1cn(-c2ccc(C(=O)O)c(O)c2)c2sc(C)cc12. The van der Waals surface area contributed by atoms with E-state index in [4.69, 9.17) is 11.7 Å². The topological polar surface area (TPSA) is 66.8 Å². The summed E-state index contributed by atoms with van der Waals surface area (Å²) in [6, 6.07) is 6.32. The molecule has 0 unspecified atom stereocenters. The van der Waals surface area contributed by atoms with Gasteiger partial charge in [-0.2, -0.15) is 0 Å². The van der Waals surface area contributed by atoms with Crippen molar-refractivity contribution in [2.24, 2.45) is 0 Å². The normalized spacial score (nSPS) is 10.7. The van der Waals surface area contributed by atoms with E-state index in [1.165, 1.54) is 12.1 Å². The predicted octanol–water partition coefficient (Wildman–Crippen LogP) is 3.96. The molecule has 2 aromatic heterocycles. The van der Waals surface area contributed by atoms with Crippen molar-refractivity contribution < 1.29 is 15.0 Å². The quantitative estimate of drug-likeness (QED) is 0.704. The Hall–Kier alpha value is -2.78. The Balaban J connectivity index is 2.23. The van der Waals surface area contributed by atoms with Gasteiger partial charge in [0, 0.05) is 28.2 Å². The van der Waals surface area contributed by atoms with Crippen LogP contribution in [0, 0.1) is 13.5 Å². The van der Waals surface area contributed by atoms with Gasteiger partial charge in [0.05, 0.1) is 11.4 Å². The van der Waals surface area contributed by atoms with Crippen LogP contribution in [-0.2, 0) is 0 Å². The minimum atomic E-state index is -1.18. The molecule has 104 valence electrons. The van der Waals surface area contributed by atoms with E-state index in [2.05, 4.69) is 4.85 Å². The van der Waals surface area contributed by atoms with Crippen LogP contribution in [0.25, 0.3) is 20.7 Å². The number of hydrogen-bond donors (Lipinski definition) is 2. The molecule has 0 fully saturated rings. The molecule has 2 N–H and O–H groups in total. The van der Waals surface area contributed by atoms with Crippen LogP contribution < -0.4 is 0 Å². The van der Waals surface area contributed by atoms with Crippen molar-refractivity contribution in [2.75, 3.05) is 0 Å². The highest BCUT2D eigenvalue weighted by Crippen LogP contribution is 2.37. The van der Waals surface area contributed by atoms with Crippen molar-refractivity contribution in [3.05, 3.63) is 52.3 Å². The zero-order valence-corrected chi connectivity index (χ0v) is 11.8. The fourth-order valence-electron chi connectivity index (χ4n) is 2.25. The molecule has 5 nitrogen and oxygen atoms in total. The number of carboxylic acid groups (broad SMARTS) is 1. The number of fused-ring (bicyclic) bond motifs is 1. The van der Waals surface area contributed by atoms with Gasteiger partial charge in [-0.15, -0.1) is 11.3 Å². The molecule has 0 atom stereocenters. The number of rotatable bonds is 2. The predicted molar refractivity (Wildman–Crippen MR) is 80.8 cm³/mol. The van der Waals surface area contributed by atoms with Gasteiger partial charge in [-0.25, -0.2) is 9.64 Å². The van der Waals surface area contributed by atoms with Crippen LogP contribution in [0.1, 0.15) is 15.2 Å². The smallest absolute Gasteiger partial charge is 0.339 e. The summed E-state index contributed by atoms with van der Waals surface area (Å²) in [5, 5.41) is 19.6. The number of hydrogen-bond acceptors (Lipinski definition) is 3. The van der Waals surface area contributed by atoms with E-state index in [9.17, 15) is 9.90 Å². The summed E-state index contributed by atoms with van der Waals surface area (Å²) in [6.07, 6.45) is 1.70. The van der Waals surface area contributed by atoms with Crippen molar-refractivity contribution in [2.45, 2.75) is 6.92 Å². The minimum absolute atomic E-state index is 0.144. The average molecular weight is 298 g/mol. The zero-order chi connectivity index (χ0) is 15.1. The highest BCUT2D eigenvalue weighted by molar-refractivity contribution is 7.18. The summed E-state index contributed by atoms with van der Waals surface area (Å²) in [6.45, 7) is 9.20. The first-order valence-electron chi connectivity index (χ1n) is 6.07. The largest absolute Gasteiger partial charge is 0.507 e. The third-order valence-corrected chi connectivity index (χ3v) is 4.24. The number of aromatic nitrogens is 1. The van der Waals surface area contributed by atoms with Crippen molar-refractivity contribution in [1.82, 2.24) is 4.57 Å². The van der Waals surface area contributed by atoms with Crippen LogP contribution in [0.3, 0.4) is 0 Å². The first kappa shape index (κ1) is 13.2. The van der Waals surface area contributed by atoms with Gasteiger partial charge in [0.2, 0.25) is 5.69 Å². The van der Waals surface area contributed by atoms with Crippen molar-refractivity contribution >= 4 is 33.2 Å². The summed E-state index contributed by atoms with van der Waals surface area (Å²) >= 11 is 1.55. The number of nitrogens with zero attached hydrogens (tertiary/aromatic N) is 2. The fraction of sp³-hybridized carbons (Fsp3) is 0.0667. The molecule has 0 aliphatic heterocycles. The molecule has 6 heteroatoms. The Bertz CT molecular complexity index is 915. The van der Waals surface area contributed by atoms with Gasteiger partial charge in [0.15, 0.2) is 0 Å². The molecule has 3 rings (SSSR count). The van der Waals surface area contributed by atoms with E-state index in [0.717, 1.165) is 15.1 Å². The number of benzene rings is 1. The van der Waals surface area contributed by atoms with Crippen LogP contribution in [0.2, 0.25) is 0 Å². The summed E-state index contributed by atoms with van der Waals surface area (Å²) in [4.78, 5) is 16.4. The Morgan fingerprint density at radius 1 is 1.38 bits per heavy atom. The lowest BCUT2D eigenvalue weighted by molar-refractivity contribution is 0.0694. The first-order valence-corrected chi connectivity index (χ1v) is 6.88. The van der Waals surface area contributed by atoms with Crippen molar-refractivity contribution in [1.29, 1.82) is 0 Å². The summed E-state index contributed by atoms with van der Waals surface area (Å²) in [5.74, 6) is -1.47. The lowest BCUT2D eigenvalue weighted by atomic mass is 10.2. The maximum absolute atomic E-state index is 10.9. The van der Waals surface area contributed by atoms with Gasteiger partial charge in [0.1, 0.15) is 11.3 Å². The number of aromatic hydroxyl groups is 1. The van der Waals surface area contributed by atoms with E-state index < -0.39 is 5.97 Å². The molecule has 0 radical (unpaired) electrons. The zero-order valence-electron chi connectivity index (χ0n) is 11.0. The maximum Gasteiger partial charge on any atom is 0.339 e. The summed E-state index contributed by atoms with van der Waals surface area (Å²) in [5.41, 5.74) is 1.02. The second-order valence-electron chi connectivity index (χ2n) is 4.58. The van der Waals surface area contributed by atoms with Crippen LogP contribution in [0.4, 0.5) is 5.69 Å². The van der Waals surface area contributed by atoms with E-state index in [1.807, 2.05) is 13.0 Å². The second kappa shape index (κ2) is 4.65. The van der Waals surface area contributed by atoms with Gasteiger partial charge in [-0.05, 0) is 25.1 Å². The van der Waals surface area contributed by atoms with Gasteiger partial charge in [-0.1, -0.05) is 0 Å². The van der Waals surface area contributed by atoms with Crippen LogP contribution in [0.15, 0.2) is 30.5 Å². The summed E-state index contributed by atoms with van der Waals surface area (Å²) in [7, 11) is 0. The van der Waals surface area contributed by atoms with Gasteiger partial charge < -0.3 is 14.8 Å². The molecule has 0 spiro atoms.